The summed E-state index contributed by atoms with van der Waals surface area (Å²) in [6, 6.07) is 12.2. The molecule has 0 spiro atoms. The molecule has 21 heavy (non-hydrogen) atoms. The molecule has 1 unspecified atom stereocenters. The van der Waals surface area contributed by atoms with E-state index in [0.717, 1.165) is 5.56 Å². The second kappa shape index (κ2) is 6.83. The molecule has 0 aromatic heterocycles. The van der Waals surface area contributed by atoms with Crippen molar-refractivity contribution in [3.63, 3.8) is 0 Å². The summed E-state index contributed by atoms with van der Waals surface area (Å²) < 4.78 is 5.55. The Morgan fingerprint density at radius 2 is 1.86 bits per heavy atom. The van der Waals surface area contributed by atoms with Gasteiger partial charge in [0.15, 0.2) is 6.10 Å². The second-order valence-electron chi connectivity index (χ2n) is 4.74. The quantitative estimate of drug-likeness (QED) is 0.887. The summed E-state index contributed by atoms with van der Waals surface area (Å²) in [4.78, 5) is 11.4. The molecule has 1 N–H and O–H groups in total. The molecule has 0 heterocycles. The zero-order valence-corrected chi connectivity index (χ0v) is 12.9. The average molecular weight is 325 g/mol. The van der Waals surface area contributed by atoms with Gasteiger partial charge in [0, 0.05) is 16.5 Å². The van der Waals surface area contributed by atoms with E-state index in [2.05, 4.69) is 0 Å². The van der Waals surface area contributed by atoms with Gasteiger partial charge in [-0.3, -0.25) is 0 Å². The monoisotopic (exact) mass is 324 g/mol. The highest BCUT2D eigenvalue weighted by Gasteiger charge is 2.20. The Balaban J connectivity index is 2.17. The number of hydrogen-bond donors (Lipinski definition) is 1. The van der Waals surface area contributed by atoms with Crippen LogP contribution in [0.25, 0.3) is 0 Å². The first-order valence-corrected chi connectivity index (χ1v) is 7.11. The summed E-state index contributed by atoms with van der Waals surface area (Å²) >= 11 is 11.8. The fourth-order valence-corrected chi connectivity index (χ4v) is 2.55. The molecular formula is C16H14Cl2O3. The maximum atomic E-state index is 11.4. The first-order valence-electron chi connectivity index (χ1n) is 6.35. The van der Waals surface area contributed by atoms with E-state index < -0.39 is 12.1 Å². The van der Waals surface area contributed by atoms with Crippen LogP contribution in [0.15, 0.2) is 42.5 Å². The first-order chi connectivity index (χ1) is 9.94. The number of carboxylic acids is 1. The third kappa shape index (κ3) is 4.66. The predicted octanol–water partition coefficient (Wildman–Crippen LogP) is 4.38. The molecule has 2 rings (SSSR count). The Labute approximate surface area is 133 Å². The van der Waals surface area contributed by atoms with Gasteiger partial charge >= 0.3 is 5.97 Å². The molecule has 0 fully saturated rings. The van der Waals surface area contributed by atoms with Crippen LogP contribution in [0.1, 0.15) is 11.1 Å². The Morgan fingerprint density at radius 3 is 2.43 bits per heavy atom. The lowest BCUT2D eigenvalue weighted by Crippen LogP contribution is -2.29. The Bertz CT molecular complexity index is 635. The van der Waals surface area contributed by atoms with Crippen molar-refractivity contribution in [1.29, 1.82) is 0 Å². The van der Waals surface area contributed by atoms with E-state index in [1.807, 2.05) is 19.1 Å². The fraction of sp³-hybridized carbons (Fsp3) is 0.188. The smallest absolute Gasteiger partial charge is 0.345 e. The van der Waals surface area contributed by atoms with Gasteiger partial charge in [-0.2, -0.15) is 0 Å². The van der Waals surface area contributed by atoms with E-state index in [9.17, 15) is 9.90 Å². The highest BCUT2D eigenvalue weighted by molar-refractivity contribution is 6.34. The number of ether oxygens (including phenoxy) is 1. The summed E-state index contributed by atoms with van der Waals surface area (Å²) in [6.07, 6.45) is -0.815. The largest absolute Gasteiger partial charge is 0.478 e. The maximum Gasteiger partial charge on any atom is 0.345 e. The van der Waals surface area contributed by atoms with Gasteiger partial charge in [-0.1, -0.05) is 35.3 Å². The molecule has 0 aliphatic carbocycles. The number of carbonyl (C=O) groups is 1. The van der Waals surface area contributed by atoms with Crippen LogP contribution in [-0.4, -0.2) is 17.2 Å². The van der Waals surface area contributed by atoms with Crippen molar-refractivity contribution in [3.8, 4) is 5.75 Å². The minimum atomic E-state index is -1.03. The third-order valence-electron chi connectivity index (χ3n) is 2.89. The lowest BCUT2D eigenvalue weighted by atomic mass is 10.1. The number of hydrogen-bond acceptors (Lipinski definition) is 2. The lowest BCUT2D eigenvalue weighted by Gasteiger charge is -2.16. The third-order valence-corrected chi connectivity index (χ3v) is 3.32. The summed E-state index contributed by atoms with van der Waals surface area (Å²) in [5.41, 5.74) is 1.72. The first kappa shape index (κ1) is 15.7. The molecule has 0 saturated carbocycles. The van der Waals surface area contributed by atoms with E-state index in [0.29, 0.717) is 21.4 Å². The molecule has 0 radical (unpaired) electrons. The zero-order chi connectivity index (χ0) is 15.4. The summed E-state index contributed by atoms with van der Waals surface area (Å²) in [5.74, 6) is -0.511. The fourth-order valence-electron chi connectivity index (χ4n) is 1.98. The summed E-state index contributed by atoms with van der Waals surface area (Å²) in [6.45, 7) is 1.92. The number of carboxylic acid groups (broad SMARTS) is 1. The number of halogens is 2. The van der Waals surface area contributed by atoms with Crippen molar-refractivity contribution in [1.82, 2.24) is 0 Å². The van der Waals surface area contributed by atoms with Gasteiger partial charge in [0.25, 0.3) is 0 Å². The van der Waals surface area contributed by atoms with Crippen LogP contribution < -0.4 is 4.74 Å². The minimum Gasteiger partial charge on any atom is -0.478 e. The van der Waals surface area contributed by atoms with Crippen molar-refractivity contribution in [2.75, 3.05) is 0 Å². The standard InChI is InChI=1S/C16H14Cl2O3/c1-10-3-2-4-14(5-10)21-15(16(19)20)8-11-6-12(17)9-13(18)7-11/h2-7,9,15H,8H2,1H3,(H,19,20). The van der Waals surface area contributed by atoms with Gasteiger partial charge in [0.2, 0.25) is 0 Å². The van der Waals surface area contributed by atoms with Crippen LogP contribution in [0.3, 0.4) is 0 Å². The van der Waals surface area contributed by atoms with Crippen molar-refractivity contribution >= 4 is 29.2 Å². The summed E-state index contributed by atoms with van der Waals surface area (Å²) in [7, 11) is 0. The van der Waals surface area contributed by atoms with Gasteiger partial charge in [0.1, 0.15) is 5.75 Å². The van der Waals surface area contributed by atoms with Gasteiger partial charge in [-0.25, -0.2) is 4.79 Å². The van der Waals surface area contributed by atoms with E-state index in [4.69, 9.17) is 27.9 Å². The van der Waals surface area contributed by atoms with E-state index >= 15 is 0 Å². The van der Waals surface area contributed by atoms with Crippen LogP contribution in [0.2, 0.25) is 10.0 Å². The lowest BCUT2D eigenvalue weighted by molar-refractivity contribution is -0.145. The number of rotatable bonds is 5. The molecular weight excluding hydrogens is 311 g/mol. The second-order valence-corrected chi connectivity index (χ2v) is 5.62. The van der Waals surface area contributed by atoms with Gasteiger partial charge < -0.3 is 9.84 Å². The molecule has 0 amide bonds. The molecule has 0 aliphatic heterocycles. The molecule has 110 valence electrons. The minimum absolute atomic E-state index is 0.184. The van der Waals surface area contributed by atoms with Gasteiger partial charge in [0.05, 0.1) is 0 Å². The summed E-state index contributed by atoms with van der Waals surface area (Å²) in [5, 5.41) is 10.3. The van der Waals surface area contributed by atoms with Crippen molar-refractivity contribution in [2.45, 2.75) is 19.4 Å². The van der Waals surface area contributed by atoms with E-state index in [1.165, 1.54) is 0 Å². The predicted molar refractivity (Wildman–Crippen MR) is 83.4 cm³/mol. The van der Waals surface area contributed by atoms with Gasteiger partial charge in [-0.15, -0.1) is 0 Å². The molecule has 0 saturated heterocycles. The molecule has 1 atom stereocenters. The number of aryl methyl sites for hydroxylation is 1. The van der Waals surface area contributed by atoms with Gasteiger partial charge in [-0.05, 0) is 48.4 Å². The van der Waals surface area contributed by atoms with Crippen LogP contribution in [-0.2, 0) is 11.2 Å². The number of aliphatic carboxylic acids is 1. The zero-order valence-electron chi connectivity index (χ0n) is 11.3. The highest BCUT2D eigenvalue weighted by Crippen LogP contribution is 2.22. The highest BCUT2D eigenvalue weighted by atomic mass is 35.5. The van der Waals surface area contributed by atoms with E-state index in [1.54, 1.807) is 30.3 Å². The Morgan fingerprint density at radius 1 is 1.19 bits per heavy atom. The van der Waals surface area contributed by atoms with Crippen molar-refractivity contribution < 1.29 is 14.6 Å². The van der Waals surface area contributed by atoms with E-state index in [-0.39, 0.29) is 6.42 Å². The van der Waals surface area contributed by atoms with Crippen molar-refractivity contribution in [3.05, 3.63) is 63.6 Å². The van der Waals surface area contributed by atoms with Crippen LogP contribution in [0.4, 0.5) is 0 Å². The molecule has 3 nitrogen and oxygen atoms in total. The van der Waals surface area contributed by atoms with Crippen LogP contribution in [0.5, 0.6) is 5.75 Å². The van der Waals surface area contributed by atoms with Crippen LogP contribution in [0, 0.1) is 6.92 Å². The molecule has 2 aromatic carbocycles. The Kier molecular flexibility index (Phi) is 5.10. The van der Waals surface area contributed by atoms with Crippen molar-refractivity contribution in [2.24, 2.45) is 0 Å². The Hall–Kier alpha value is -1.71. The molecule has 2 aromatic rings. The van der Waals surface area contributed by atoms with Crippen LogP contribution >= 0.6 is 23.2 Å². The topological polar surface area (TPSA) is 46.5 Å². The maximum absolute atomic E-state index is 11.4. The molecule has 0 aliphatic rings. The SMILES string of the molecule is Cc1cccc(OC(Cc2cc(Cl)cc(Cl)c2)C(=O)O)c1. The normalized spacial score (nSPS) is 12.0. The average Bonchev–Trinajstić information content (AvgIpc) is 2.36. The number of benzene rings is 2. The molecule has 5 heteroatoms. The molecule has 0 bridgehead atoms.